The Morgan fingerprint density at radius 3 is 2.39 bits per heavy atom. The molecule has 1 amide bonds. The van der Waals surface area contributed by atoms with Gasteiger partial charge in [-0.1, -0.05) is 80.9 Å². The summed E-state index contributed by atoms with van der Waals surface area (Å²) in [5, 5.41) is -1.23. The average Bonchev–Trinajstić information content (AvgIpc) is 3.33. The van der Waals surface area contributed by atoms with Gasteiger partial charge < -0.3 is 14.4 Å². The standard InChI is InChI=1S/C38H42F4N4O2S/c1-5-44(6-2)17-18-45(22-27-7-11-29(12-8-27)30-13-16-33(26(4)21-30)38(40,41)42)35(47)23-46-34-20-25(3)19-32(34)36(48)43-37(46)49-24-28-9-14-31(39)15-10-28/h7-16,21,25H,5-6,17-20,22-24H2,1-4H3/i7D,8D,11D,12D,13D,16D,17D2,18D2,19D2,20D2,21D,23D2,24D2,25D. The molecule has 1 aromatic heterocycles. The zero-order valence-electron chi connectivity index (χ0n) is 46.5. The number of hydrogen-bond donors (Lipinski definition) is 0. The van der Waals surface area contributed by atoms with Crippen molar-refractivity contribution in [2.75, 3.05) is 26.1 Å². The van der Waals surface area contributed by atoms with Crippen molar-refractivity contribution in [3.05, 3.63) is 116 Å². The Hall–Kier alpha value is -3.96. The molecule has 1 atom stereocenters. The van der Waals surface area contributed by atoms with Crippen LogP contribution in [0.15, 0.2) is 76.5 Å². The van der Waals surface area contributed by atoms with E-state index in [4.69, 9.17) is 21.9 Å². The van der Waals surface area contributed by atoms with Gasteiger partial charge in [0.05, 0.1) is 20.6 Å². The highest BCUT2D eigenvalue weighted by Gasteiger charge is 2.32. The largest absolute Gasteiger partial charge is 0.416 e. The van der Waals surface area contributed by atoms with Crippen LogP contribution in [-0.2, 0) is 42.5 Å². The molecule has 6 nitrogen and oxygen atoms in total. The van der Waals surface area contributed by atoms with Crippen molar-refractivity contribution < 1.29 is 49.8 Å². The Labute approximate surface area is 317 Å². The molecule has 0 spiro atoms. The van der Waals surface area contributed by atoms with Crippen LogP contribution < -0.4 is 5.56 Å². The number of benzene rings is 3. The Morgan fingerprint density at radius 2 is 1.73 bits per heavy atom. The highest BCUT2D eigenvalue weighted by molar-refractivity contribution is 7.98. The third kappa shape index (κ3) is 8.99. The zero-order chi connectivity index (χ0) is 53.1. The third-order valence-electron chi connectivity index (χ3n) is 6.87. The maximum Gasteiger partial charge on any atom is 0.416 e. The third-order valence-corrected chi connectivity index (χ3v) is 7.67. The predicted molar refractivity (Wildman–Crippen MR) is 186 cm³/mol. The Morgan fingerprint density at radius 1 is 1.06 bits per heavy atom. The predicted octanol–water partition coefficient (Wildman–Crippen LogP) is 7.77. The summed E-state index contributed by atoms with van der Waals surface area (Å²) >= 11 is -0.178. The van der Waals surface area contributed by atoms with E-state index < -0.39 is 160 Å². The minimum absolute atomic E-state index is 0.0825. The summed E-state index contributed by atoms with van der Waals surface area (Å²) in [6, 6.07) is -5.31. The molecule has 0 bridgehead atoms. The summed E-state index contributed by atoms with van der Waals surface area (Å²) in [6.07, 6.45) is -12.1. The van der Waals surface area contributed by atoms with E-state index in [-0.39, 0.29) is 39.9 Å². The zero-order valence-corrected chi connectivity index (χ0v) is 27.3. The van der Waals surface area contributed by atoms with E-state index in [2.05, 4.69) is 4.98 Å². The minimum Gasteiger partial charge on any atom is -0.336 e. The maximum atomic E-state index is 15.3. The fourth-order valence-corrected chi connectivity index (χ4v) is 5.07. The van der Waals surface area contributed by atoms with Crippen molar-refractivity contribution in [1.29, 1.82) is 0 Å². The van der Waals surface area contributed by atoms with Crippen molar-refractivity contribution >= 4 is 17.7 Å². The van der Waals surface area contributed by atoms with Crippen LogP contribution in [0.2, 0.25) is 0 Å². The molecule has 0 radical (unpaired) electrons. The summed E-state index contributed by atoms with van der Waals surface area (Å²) in [4.78, 5) is 33.3. The van der Waals surface area contributed by atoms with Crippen LogP contribution in [0.3, 0.4) is 0 Å². The number of alkyl halides is 3. The van der Waals surface area contributed by atoms with Crippen LogP contribution in [0.4, 0.5) is 17.6 Å². The molecule has 1 aliphatic carbocycles. The molecular weight excluding hydrogens is 653 g/mol. The van der Waals surface area contributed by atoms with E-state index in [9.17, 15) is 27.8 Å². The van der Waals surface area contributed by atoms with E-state index in [1.54, 1.807) is 0 Å². The van der Waals surface area contributed by atoms with Crippen molar-refractivity contribution in [1.82, 2.24) is 19.4 Å². The van der Waals surface area contributed by atoms with Crippen LogP contribution in [-0.4, -0.2) is 51.3 Å². The first-order valence-corrected chi connectivity index (χ1v) is 15.5. The number of hydrogen-bond acceptors (Lipinski definition) is 5. The average molecular weight is 715 g/mol. The van der Waals surface area contributed by atoms with Gasteiger partial charge in [-0.15, -0.1) is 0 Å². The monoisotopic (exact) mass is 714 g/mol. The van der Waals surface area contributed by atoms with E-state index in [0.717, 1.165) is 36.1 Å². The molecule has 4 aromatic rings. The quantitative estimate of drug-likeness (QED) is 0.0805. The first-order chi connectivity index (χ1) is 31.2. The normalized spacial score (nSPS) is 25.0. The number of thioether (sulfide) groups is 1. The molecule has 1 heterocycles. The van der Waals surface area contributed by atoms with Crippen LogP contribution in [0.25, 0.3) is 11.1 Å². The second-order valence-electron chi connectivity index (χ2n) is 10.3. The Bertz CT molecular complexity index is 2750. The lowest BCUT2D eigenvalue weighted by atomic mass is 9.98. The molecule has 0 aliphatic heterocycles. The molecule has 3 aromatic carbocycles. The van der Waals surface area contributed by atoms with E-state index >= 15 is 4.79 Å². The second kappa shape index (κ2) is 15.7. The van der Waals surface area contributed by atoms with Crippen LogP contribution in [0.1, 0.15) is 81.7 Å². The number of carbonyl (C=O) groups is 1. The van der Waals surface area contributed by atoms with Gasteiger partial charge in [-0.3, -0.25) is 9.59 Å². The number of likely N-dealkylation sites (N-methyl/N-ethyl adjacent to an activating group) is 1. The molecule has 1 unspecified atom stereocenters. The molecule has 0 N–H and O–H groups in total. The summed E-state index contributed by atoms with van der Waals surface area (Å²) in [7, 11) is 0. The second-order valence-corrected chi connectivity index (χ2v) is 11.1. The van der Waals surface area contributed by atoms with Gasteiger partial charge in [0.1, 0.15) is 12.3 Å². The number of rotatable bonds is 13. The first-order valence-electron chi connectivity index (χ1n) is 24.6. The molecule has 49 heavy (non-hydrogen) atoms. The molecule has 1 aliphatic rings. The number of carbonyl (C=O) groups excluding carboxylic acids is 1. The van der Waals surface area contributed by atoms with Gasteiger partial charge in [0, 0.05) is 48.8 Å². The van der Waals surface area contributed by atoms with Crippen LogP contribution in [0, 0.1) is 18.6 Å². The number of aromatic nitrogens is 2. The topological polar surface area (TPSA) is 58.4 Å². The highest BCUT2D eigenvalue weighted by atomic mass is 32.2. The number of fused-ring (bicyclic) bond motifs is 1. The van der Waals surface area contributed by atoms with Gasteiger partial charge >= 0.3 is 6.18 Å². The number of amides is 1. The number of nitrogens with zero attached hydrogens (tertiary/aromatic N) is 4. The van der Waals surface area contributed by atoms with Crippen molar-refractivity contribution in [2.24, 2.45) is 5.89 Å². The van der Waals surface area contributed by atoms with Crippen LogP contribution >= 0.6 is 11.8 Å². The van der Waals surface area contributed by atoms with E-state index in [1.807, 2.05) is 0 Å². The van der Waals surface area contributed by atoms with Gasteiger partial charge in [0.25, 0.3) is 5.56 Å². The highest BCUT2D eigenvalue weighted by Crippen LogP contribution is 2.34. The van der Waals surface area contributed by atoms with Gasteiger partial charge in [-0.25, -0.2) is 4.39 Å². The fraction of sp³-hybridized carbons (Fsp3) is 0.395. The van der Waals surface area contributed by atoms with E-state index in [0.29, 0.717) is 6.92 Å². The van der Waals surface area contributed by atoms with Crippen molar-refractivity contribution in [3.8, 4) is 11.1 Å². The fourth-order valence-electron chi connectivity index (χ4n) is 4.36. The summed E-state index contributed by atoms with van der Waals surface area (Å²) in [5.41, 5.74) is -13.2. The van der Waals surface area contributed by atoms with Crippen LogP contribution in [0.5, 0.6) is 0 Å². The molecule has 11 heteroatoms. The van der Waals surface area contributed by atoms with Gasteiger partial charge in [0.15, 0.2) is 5.16 Å². The van der Waals surface area contributed by atoms with Crippen molar-refractivity contribution in [3.63, 3.8) is 0 Å². The summed E-state index contributed by atoms with van der Waals surface area (Å²) in [6.45, 7) is -9.50. The first kappa shape index (κ1) is 18.3. The molecule has 0 saturated carbocycles. The van der Waals surface area contributed by atoms with Gasteiger partial charge in [-0.2, -0.15) is 18.2 Å². The SMILES string of the molecule is [2H]c1c([2H])c(-c2c([2H])c([2H])c(C(F)(F)F)c(C)c2[2H])c([2H])c([2H])c1CN(C(=O)C([2H])([2H])n1c(SC([2H])([2H])c2ccc(F)cc2)nc(=O)c2c1C([2H])([2H])C([2H])(C)C2([2H])[2H])C([2H])([2H])C([2H])([2H])N(CC)CC. The van der Waals surface area contributed by atoms with E-state index in [1.165, 1.54) is 13.8 Å². The lowest BCUT2D eigenvalue weighted by Crippen LogP contribution is -2.40. The van der Waals surface area contributed by atoms with Gasteiger partial charge in [-0.05, 0) is 84.6 Å². The Kier molecular flexibility index (Phi) is 5.88. The summed E-state index contributed by atoms with van der Waals surface area (Å²) in [5.74, 6) is -6.16. The molecule has 260 valence electrons. The molecular formula is C38H42F4N4O2S. The lowest BCUT2D eigenvalue weighted by Gasteiger charge is -2.28. The molecule has 5 rings (SSSR count). The lowest BCUT2D eigenvalue weighted by molar-refractivity contribution is -0.138. The minimum atomic E-state index is -5.24. The maximum absolute atomic E-state index is 15.3. The van der Waals surface area contributed by atoms with Crippen molar-refractivity contribution in [2.45, 2.75) is 70.5 Å². The molecule has 0 fully saturated rings. The Balaban J connectivity index is 1.88. The van der Waals surface area contributed by atoms with Gasteiger partial charge in [0.2, 0.25) is 5.91 Å². The smallest absolute Gasteiger partial charge is 0.336 e. The number of halogens is 4. The molecule has 0 saturated heterocycles. The summed E-state index contributed by atoms with van der Waals surface area (Å²) < 4.78 is 233.